The minimum atomic E-state index is -0.559. The number of β-amino-alcohol motifs (C(OH)–C–C–N with tert-alkyl or cyclic N) is 1. The van der Waals surface area contributed by atoms with Gasteiger partial charge in [0.15, 0.2) is 0 Å². The smallest absolute Gasteiger partial charge is 0.255 e. The zero-order chi connectivity index (χ0) is 21.2. The Bertz CT molecular complexity index is 944. The van der Waals surface area contributed by atoms with E-state index in [1.54, 1.807) is 4.90 Å². The van der Waals surface area contributed by atoms with Gasteiger partial charge in [-0.25, -0.2) is 4.98 Å². The number of pyridine rings is 1. The number of morpholine rings is 1. The summed E-state index contributed by atoms with van der Waals surface area (Å²) < 4.78 is 5.42. The van der Waals surface area contributed by atoms with Crippen LogP contribution in [0.3, 0.4) is 0 Å². The molecule has 1 amide bonds. The first-order chi connectivity index (χ1) is 15.2. The number of nitrogens with zero attached hydrogens (tertiary/aromatic N) is 4. The molecule has 3 aliphatic heterocycles. The van der Waals surface area contributed by atoms with Crippen molar-refractivity contribution in [1.29, 1.82) is 0 Å². The molecule has 0 unspecified atom stereocenters. The molecule has 1 aromatic carbocycles. The van der Waals surface area contributed by atoms with Gasteiger partial charge < -0.3 is 19.6 Å². The molecule has 31 heavy (non-hydrogen) atoms. The van der Waals surface area contributed by atoms with E-state index < -0.39 is 6.10 Å². The maximum absolute atomic E-state index is 13.0. The van der Waals surface area contributed by atoms with Crippen LogP contribution in [-0.4, -0.2) is 84.4 Å². The number of aromatic nitrogens is 1. The molecule has 5 rings (SSSR count). The molecule has 0 radical (unpaired) electrons. The van der Waals surface area contributed by atoms with Gasteiger partial charge in [0.25, 0.3) is 5.91 Å². The van der Waals surface area contributed by atoms with Crippen LogP contribution in [-0.2, 0) is 24.1 Å². The molecule has 0 bridgehead atoms. The van der Waals surface area contributed by atoms with Crippen molar-refractivity contribution < 1.29 is 14.6 Å². The van der Waals surface area contributed by atoms with E-state index in [4.69, 9.17) is 9.72 Å². The van der Waals surface area contributed by atoms with Gasteiger partial charge >= 0.3 is 0 Å². The van der Waals surface area contributed by atoms with E-state index in [0.29, 0.717) is 38.4 Å². The molecule has 7 nitrogen and oxygen atoms in total. The molecule has 1 aromatic heterocycles. The monoisotopic (exact) mass is 422 g/mol. The number of aliphatic hydroxyl groups excluding tert-OH is 1. The second-order valence-corrected chi connectivity index (χ2v) is 8.67. The summed E-state index contributed by atoms with van der Waals surface area (Å²) in [6.45, 7) is 6.44. The number of aliphatic hydroxyl groups is 1. The van der Waals surface area contributed by atoms with Crippen LogP contribution in [0, 0.1) is 0 Å². The predicted molar refractivity (Wildman–Crippen MR) is 118 cm³/mol. The van der Waals surface area contributed by atoms with Crippen molar-refractivity contribution in [2.24, 2.45) is 0 Å². The van der Waals surface area contributed by atoms with Gasteiger partial charge in [0.05, 0.1) is 30.6 Å². The zero-order valence-electron chi connectivity index (χ0n) is 17.9. The summed E-state index contributed by atoms with van der Waals surface area (Å²) in [7, 11) is 0. The number of ether oxygens (including phenoxy) is 1. The number of anilines is 1. The average Bonchev–Trinajstić information content (AvgIpc) is 2.81. The van der Waals surface area contributed by atoms with Crippen molar-refractivity contribution in [3.63, 3.8) is 0 Å². The van der Waals surface area contributed by atoms with Gasteiger partial charge in [-0.15, -0.1) is 0 Å². The molecule has 0 spiro atoms. The lowest BCUT2D eigenvalue weighted by Crippen LogP contribution is -2.46. The van der Waals surface area contributed by atoms with Crippen molar-refractivity contribution in [3.05, 3.63) is 58.8 Å². The standard InChI is InChI=1S/C24H30N4O3/c29-20(16-26-9-7-18-3-1-2-4-19(18)15-26)17-28-10-8-22-21(24(28)30)5-6-23(25-22)27-11-13-31-14-12-27/h1-6,20,29H,7-17H2/t20-/m1/s1. The van der Waals surface area contributed by atoms with Gasteiger partial charge in [-0.3, -0.25) is 9.69 Å². The van der Waals surface area contributed by atoms with Crippen LogP contribution in [0.4, 0.5) is 5.82 Å². The molecule has 1 saturated heterocycles. The number of fused-ring (bicyclic) bond motifs is 2. The lowest BCUT2D eigenvalue weighted by molar-refractivity contribution is 0.0491. The molecule has 164 valence electrons. The Hall–Kier alpha value is -2.48. The fraction of sp³-hybridized carbons (Fsp3) is 0.500. The summed E-state index contributed by atoms with van der Waals surface area (Å²) >= 11 is 0. The van der Waals surface area contributed by atoms with Gasteiger partial charge in [-0.2, -0.15) is 0 Å². The first-order valence-corrected chi connectivity index (χ1v) is 11.3. The zero-order valence-corrected chi connectivity index (χ0v) is 17.9. The van der Waals surface area contributed by atoms with E-state index in [0.717, 1.165) is 50.5 Å². The van der Waals surface area contributed by atoms with Gasteiger partial charge in [0, 0.05) is 52.2 Å². The fourth-order valence-electron chi connectivity index (χ4n) is 4.85. The van der Waals surface area contributed by atoms with Crippen LogP contribution in [0.15, 0.2) is 36.4 Å². The van der Waals surface area contributed by atoms with E-state index in [1.165, 1.54) is 11.1 Å². The molecule has 0 saturated carbocycles. The molecule has 3 aliphatic rings. The number of hydrogen-bond donors (Lipinski definition) is 1. The second-order valence-electron chi connectivity index (χ2n) is 8.67. The molecule has 7 heteroatoms. The fourth-order valence-corrected chi connectivity index (χ4v) is 4.85. The maximum Gasteiger partial charge on any atom is 0.255 e. The summed E-state index contributed by atoms with van der Waals surface area (Å²) in [4.78, 5) is 24.1. The van der Waals surface area contributed by atoms with Crippen molar-refractivity contribution in [2.45, 2.75) is 25.5 Å². The molecule has 2 aromatic rings. The maximum atomic E-state index is 13.0. The van der Waals surface area contributed by atoms with Gasteiger partial charge in [-0.05, 0) is 29.7 Å². The third-order valence-electron chi connectivity index (χ3n) is 6.54. The SMILES string of the molecule is O=C1c2ccc(N3CCOCC3)nc2CCN1C[C@H](O)CN1CCc2ccccc2C1. The van der Waals surface area contributed by atoms with Crippen molar-refractivity contribution in [3.8, 4) is 0 Å². The minimum Gasteiger partial charge on any atom is -0.390 e. The van der Waals surface area contributed by atoms with Crippen molar-refractivity contribution in [2.75, 3.05) is 57.4 Å². The predicted octanol–water partition coefficient (Wildman–Crippen LogP) is 1.34. The lowest BCUT2D eigenvalue weighted by Gasteiger charge is -2.34. The summed E-state index contributed by atoms with van der Waals surface area (Å²) in [6.07, 6.45) is 1.18. The third-order valence-corrected chi connectivity index (χ3v) is 6.54. The Morgan fingerprint density at radius 3 is 2.61 bits per heavy atom. The third kappa shape index (κ3) is 4.44. The number of carbonyl (C=O) groups is 1. The first-order valence-electron chi connectivity index (χ1n) is 11.3. The lowest BCUT2D eigenvalue weighted by atomic mass is 9.99. The highest BCUT2D eigenvalue weighted by Gasteiger charge is 2.29. The van der Waals surface area contributed by atoms with Crippen LogP contribution in [0.25, 0.3) is 0 Å². The normalized spacial score (nSPS) is 20.4. The van der Waals surface area contributed by atoms with Crippen molar-refractivity contribution in [1.82, 2.24) is 14.8 Å². The summed E-state index contributed by atoms with van der Waals surface area (Å²) in [5.41, 5.74) is 4.28. The molecule has 0 aliphatic carbocycles. The van der Waals surface area contributed by atoms with Crippen LogP contribution in [0.5, 0.6) is 0 Å². The van der Waals surface area contributed by atoms with Gasteiger partial charge in [0.1, 0.15) is 5.82 Å². The molecular formula is C24H30N4O3. The topological polar surface area (TPSA) is 69.1 Å². The van der Waals surface area contributed by atoms with E-state index in [9.17, 15) is 9.90 Å². The Kier molecular flexibility index (Phi) is 5.89. The molecule has 1 fully saturated rings. The van der Waals surface area contributed by atoms with Crippen LogP contribution < -0.4 is 4.90 Å². The first kappa shape index (κ1) is 20.4. The Balaban J connectivity index is 1.19. The Labute approximate surface area is 183 Å². The van der Waals surface area contributed by atoms with Gasteiger partial charge in [-0.1, -0.05) is 24.3 Å². The highest BCUT2D eigenvalue weighted by atomic mass is 16.5. The summed E-state index contributed by atoms with van der Waals surface area (Å²) in [6, 6.07) is 12.3. The van der Waals surface area contributed by atoms with Crippen LogP contribution >= 0.6 is 0 Å². The molecule has 1 atom stereocenters. The van der Waals surface area contributed by atoms with E-state index >= 15 is 0 Å². The van der Waals surface area contributed by atoms with Crippen molar-refractivity contribution >= 4 is 11.7 Å². The largest absolute Gasteiger partial charge is 0.390 e. The number of rotatable bonds is 5. The highest BCUT2D eigenvalue weighted by molar-refractivity contribution is 5.96. The van der Waals surface area contributed by atoms with E-state index in [1.807, 2.05) is 12.1 Å². The quantitative estimate of drug-likeness (QED) is 0.784. The van der Waals surface area contributed by atoms with Gasteiger partial charge in [0.2, 0.25) is 0 Å². The highest BCUT2D eigenvalue weighted by Crippen LogP contribution is 2.23. The molecule has 1 N–H and O–H groups in total. The van der Waals surface area contributed by atoms with Crippen LogP contribution in [0.1, 0.15) is 27.2 Å². The number of benzene rings is 1. The van der Waals surface area contributed by atoms with E-state index in [-0.39, 0.29) is 5.91 Å². The number of hydrogen-bond acceptors (Lipinski definition) is 6. The Morgan fingerprint density at radius 2 is 1.77 bits per heavy atom. The number of amides is 1. The Morgan fingerprint density at radius 1 is 0.968 bits per heavy atom. The summed E-state index contributed by atoms with van der Waals surface area (Å²) in [5.74, 6) is 0.902. The molecule has 4 heterocycles. The summed E-state index contributed by atoms with van der Waals surface area (Å²) in [5, 5.41) is 10.7. The van der Waals surface area contributed by atoms with Crippen LogP contribution in [0.2, 0.25) is 0 Å². The number of carbonyl (C=O) groups excluding carboxylic acids is 1. The second kappa shape index (κ2) is 8.94. The van der Waals surface area contributed by atoms with E-state index in [2.05, 4.69) is 34.1 Å². The minimum absolute atomic E-state index is 0.0229. The average molecular weight is 423 g/mol. The molecular weight excluding hydrogens is 392 g/mol.